The highest BCUT2D eigenvalue weighted by molar-refractivity contribution is 5.53. The quantitative estimate of drug-likeness (QED) is 0.906. The molecule has 0 amide bonds. The molecule has 1 aromatic rings. The molecular formula is C16H25NO2. The van der Waals surface area contributed by atoms with Crippen molar-refractivity contribution in [2.75, 3.05) is 27.3 Å². The molecule has 0 aromatic heterocycles. The van der Waals surface area contributed by atoms with Crippen molar-refractivity contribution >= 4 is 0 Å². The van der Waals surface area contributed by atoms with Crippen LogP contribution >= 0.6 is 0 Å². The number of nitrogens with one attached hydrogen (secondary N) is 1. The lowest BCUT2D eigenvalue weighted by atomic mass is 9.88. The zero-order valence-electron chi connectivity index (χ0n) is 12.5. The van der Waals surface area contributed by atoms with Gasteiger partial charge in [0.05, 0.1) is 14.2 Å². The van der Waals surface area contributed by atoms with Crippen LogP contribution in [0.25, 0.3) is 0 Å². The lowest BCUT2D eigenvalue weighted by molar-refractivity contribution is 0.349. The first-order chi connectivity index (χ1) is 9.17. The van der Waals surface area contributed by atoms with Gasteiger partial charge in [-0.2, -0.15) is 0 Å². The summed E-state index contributed by atoms with van der Waals surface area (Å²) in [7, 11) is 3.41. The van der Waals surface area contributed by atoms with Gasteiger partial charge in [-0.15, -0.1) is 0 Å². The van der Waals surface area contributed by atoms with Gasteiger partial charge in [-0.05, 0) is 74.9 Å². The predicted molar refractivity (Wildman–Crippen MR) is 78.3 cm³/mol. The van der Waals surface area contributed by atoms with Gasteiger partial charge in [0.25, 0.3) is 0 Å². The van der Waals surface area contributed by atoms with Crippen molar-refractivity contribution in [1.29, 1.82) is 0 Å². The molecule has 1 aromatic carbocycles. The van der Waals surface area contributed by atoms with E-state index < -0.39 is 0 Å². The molecule has 0 saturated carbocycles. The summed E-state index contributed by atoms with van der Waals surface area (Å²) in [5, 5.41) is 3.42. The van der Waals surface area contributed by atoms with E-state index in [0.717, 1.165) is 36.9 Å². The van der Waals surface area contributed by atoms with E-state index in [2.05, 4.69) is 25.2 Å². The number of ether oxygens (including phenoxy) is 2. The van der Waals surface area contributed by atoms with Gasteiger partial charge in [0.15, 0.2) is 11.5 Å². The molecule has 0 bridgehead atoms. The molecule has 0 atom stereocenters. The summed E-state index contributed by atoms with van der Waals surface area (Å²) >= 11 is 0. The van der Waals surface area contributed by atoms with E-state index in [1.54, 1.807) is 14.2 Å². The summed E-state index contributed by atoms with van der Waals surface area (Å²) < 4.78 is 10.9. The van der Waals surface area contributed by atoms with Gasteiger partial charge in [-0.25, -0.2) is 0 Å². The summed E-state index contributed by atoms with van der Waals surface area (Å²) in [5.41, 5.74) is 3.95. The Balaban J connectivity index is 2.26. The third-order valence-electron chi connectivity index (χ3n) is 4.31. The lowest BCUT2D eigenvalue weighted by Crippen LogP contribution is -2.28. The maximum atomic E-state index is 5.46. The molecule has 3 nitrogen and oxygen atoms in total. The predicted octanol–water partition coefficient (Wildman–Crippen LogP) is 2.86. The first-order valence-corrected chi connectivity index (χ1v) is 7.09. The van der Waals surface area contributed by atoms with Crippen molar-refractivity contribution in [3.63, 3.8) is 0 Å². The van der Waals surface area contributed by atoms with Gasteiger partial charge in [-0.3, -0.25) is 0 Å². The Hall–Kier alpha value is -1.22. The fraction of sp³-hybridized carbons (Fsp3) is 0.625. The van der Waals surface area contributed by atoms with Crippen molar-refractivity contribution in [2.45, 2.75) is 33.1 Å². The standard InChI is InChI=1S/C16H25NO2/c1-11-12(2)16(19-4)15(18-3)10-14(11)9-13-5-7-17-8-6-13/h10,13,17H,5-9H2,1-4H3. The van der Waals surface area contributed by atoms with Crippen LogP contribution < -0.4 is 14.8 Å². The smallest absolute Gasteiger partial charge is 0.163 e. The maximum Gasteiger partial charge on any atom is 0.163 e. The molecule has 1 fully saturated rings. The summed E-state index contributed by atoms with van der Waals surface area (Å²) in [5.74, 6) is 2.51. The Labute approximate surface area is 116 Å². The van der Waals surface area contributed by atoms with Crippen LogP contribution in [-0.2, 0) is 6.42 Å². The van der Waals surface area contributed by atoms with Gasteiger partial charge in [0, 0.05) is 0 Å². The molecule has 0 aliphatic carbocycles. The zero-order chi connectivity index (χ0) is 13.8. The SMILES string of the molecule is COc1cc(CC2CCNCC2)c(C)c(C)c1OC. The molecule has 0 unspecified atom stereocenters. The number of piperidine rings is 1. The highest BCUT2D eigenvalue weighted by Gasteiger charge is 2.18. The average molecular weight is 263 g/mol. The molecule has 106 valence electrons. The molecule has 1 N–H and O–H groups in total. The molecule has 3 heteroatoms. The molecular weight excluding hydrogens is 238 g/mol. The van der Waals surface area contributed by atoms with E-state index >= 15 is 0 Å². The van der Waals surface area contributed by atoms with Crippen molar-refractivity contribution < 1.29 is 9.47 Å². The number of methoxy groups -OCH3 is 2. The van der Waals surface area contributed by atoms with Crippen LogP contribution in [-0.4, -0.2) is 27.3 Å². The largest absolute Gasteiger partial charge is 0.493 e. The fourth-order valence-corrected chi connectivity index (χ4v) is 2.94. The van der Waals surface area contributed by atoms with Crippen LogP contribution in [0.1, 0.15) is 29.5 Å². The van der Waals surface area contributed by atoms with Gasteiger partial charge in [0.1, 0.15) is 0 Å². The van der Waals surface area contributed by atoms with Gasteiger partial charge >= 0.3 is 0 Å². The molecule has 19 heavy (non-hydrogen) atoms. The maximum absolute atomic E-state index is 5.46. The van der Waals surface area contributed by atoms with Crippen molar-refractivity contribution in [2.24, 2.45) is 5.92 Å². The Morgan fingerprint density at radius 3 is 2.37 bits per heavy atom. The van der Waals surface area contributed by atoms with Crippen LogP contribution in [0.5, 0.6) is 11.5 Å². The Bertz CT molecular complexity index is 437. The van der Waals surface area contributed by atoms with E-state index in [1.165, 1.54) is 29.5 Å². The minimum absolute atomic E-state index is 0.789. The number of rotatable bonds is 4. The fourth-order valence-electron chi connectivity index (χ4n) is 2.94. The average Bonchev–Trinajstić information content (AvgIpc) is 2.45. The molecule has 1 aliphatic rings. The Morgan fingerprint density at radius 2 is 1.79 bits per heavy atom. The second-order valence-corrected chi connectivity index (χ2v) is 5.42. The van der Waals surface area contributed by atoms with Gasteiger partial charge in [0.2, 0.25) is 0 Å². The first kappa shape index (κ1) is 14.2. The van der Waals surface area contributed by atoms with Crippen molar-refractivity contribution in [3.8, 4) is 11.5 Å². The van der Waals surface area contributed by atoms with Crippen molar-refractivity contribution in [3.05, 3.63) is 22.8 Å². The third-order valence-corrected chi connectivity index (χ3v) is 4.31. The van der Waals surface area contributed by atoms with Gasteiger partial charge in [-0.1, -0.05) is 0 Å². The van der Waals surface area contributed by atoms with E-state index in [0.29, 0.717) is 0 Å². The molecule has 1 aliphatic heterocycles. The summed E-state index contributed by atoms with van der Waals surface area (Å²) in [6, 6.07) is 2.16. The van der Waals surface area contributed by atoms with E-state index in [9.17, 15) is 0 Å². The van der Waals surface area contributed by atoms with Gasteiger partial charge < -0.3 is 14.8 Å². The van der Waals surface area contributed by atoms with Crippen LogP contribution in [0.3, 0.4) is 0 Å². The molecule has 0 radical (unpaired) electrons. The third kappa shape index (κ3) is 3.03. The number of hydrogen-bond donors (Lipinski definition) is 1. The van der Waals surface area contributed by atoms with E-state index in [4.69, 9.17) is 9.47 Å². The summed E-state index contributed by atoms with van der Waals surface area (Å²) in [6.45, 7) is 6.60. The molecule has 0 spiro atoms. The second-order valence-electron chi connectivity index (χ2n) is 5.42. The lowest BCUT2D eigenvalue weighted by Gasteiger charge is -2.24. The van der Waals surface area contributed by atoms with E-state index in [-0.39, 0.29) is 0 Å². The minimum atomic E-state index is 0.789. The normalized spacial score (nSPS) is 16.4. The zero-order valence-corrected chi connectivity index (χ0v) is 12.5. The first-order valence-electron chi connectivity index (χ1n) is 7.09. The summed E-state index contributed by atoms with van der Waals surface area (Å²) in [6.07, 6.45) is 3.69. The number of benzene rings is 1. The van der Waals surface area contributed by atoms with Crippen LogP contribution in [0, 0.1) is 19.8 Å². The summed E-state index contributed by atoms with van der Waals surface area (Å²) in [4.78, 5) is 0. The van der Waals surface area contributed by atoms with Crippen molar-refractivity contribution in [1.82, 2.24) is 5.32 Å². The second kappa shape index (κ2) is 6.29. The highest BCUT2D eigenvalue weighted by Crippen LogP contribution is 2.36. The number of hydrogen-bond acceptors (Lipinski definition) is 3. The molecule has 1 heterocycles. The van der Waals surface area contributed by atoms with E-state index in [1.807, 2.05) is 0 Å². The highest BCUT2D eigenvalue weighted by atomic mass is 16.5. The Kier molecular flexibility index (Phi) is 4.70. The van der Waals surface area contributed by atoms with Crippen LogP contribution in [0.15, 0.2) is 6.07 Å². The van der Waals surface area contributed by atoms with Crippen LogP contribution in [0.4, 0.5) is 0 Å². The molecule has 1 saturated heterocycles. The molecule has 2 rings (SSSR count). The Morgan fingerprint density at radius 1 is 1.11 bits per heavy atom. The minimum Gasteiger partial charge on any atom is -0.493 e. The monoisotopic (exact) mass is 263 g/mol. The van der Waals surface area contributed by atoms with Crippen LogP contribution in [0.2, 0.25) is 0 Å². The topological polar surface area (TPSA) is 30.5 Å².